The van der Waals surface area contributed by atoms with E-state index in [4.69, 9.17) is 21.1 Å². The van der Waals surface area contributed by atoms with Crippen molar-refractivity contribution < 1.29 is 41.3 Å². The van der Waals surface area contributed by atoms with Crippen LogP contribution in [0.4, 0.5) is 17.6 Å². The highest BCUT2D eigenvalue weighted by Gasteiger charge is 2.61. The van der Waals surface area contributed by atoms with E-state index in [1.807, 2.05) is 20.8 Å². The lowest BCUT2D eigenvalue weighted by Gasteiger charge is -2.26. The van der Waals surface area contributed by atoms with E-state index in [-0.39, 0.29) is 12.5 Å². The Balaban J connectivity index is 1.95. The summed E-state index contributed by atoms with van der Waals surface area (Å²) >= 11 is 6.10. The molecular formula is C26H31ClF4O5. The fourth-order valence-corrected chi connectivity index (χ4v) is 3.13. The predicted octanol–water partition coefficient (Wildman–Crippen LogP) is 7.31. The average molecular weight is 535 g/mol. The van der Waals surface area contributed by atoms with E-state index < -0.39 is 35.9 Å². The van der Waals surface area contributed by atoms with E-state index in [0.29, 0.717) is 23.5 Å². The summed E-state index contributed by atoms with van der Waals surface area (Å²) in [5.41, 5.74) is 1.28. The van der Waals surface area contributed by atoms with Gasteiger partial charge < -0.3 is 18.9 Å². The Bertz CT molecular complexity index is 938. The topological polar surface area (TPSA) is 54.0 Å². The van der Waals surface area contributed by atoms with Gasteiger partial charge in [-0.1, -0.05) is 57.9 Å². The fraction of sp³-hybridized carbons (Fsp3) is 0.500. The normalized spacial score (nSPS) is 13.8. The van der Waals surface area contributed by atoms with Gasteiger partial charge in [0.1, 0.15) is 16.9 Å². The molecule has 0 aliphatic heterocycles. The highest BCUT2D eigenvalue weighted by Crippen LogP contribution is 2.37. The van der Waals surface area contributed by atoms with Crippen LogP contribution in [0.5, 0.6) is 11.5 Å². The van der Waals surface area contributed by atoms with Gasteiger partial charge in [-0.3, -0.25) is 4.79 Å². The Morgan fingerprint density at radius 3 is 1.94 bits per heavy atom. The van der Waals surface area contributed by atoms with Crippen molar-refractivity contribution in [1.29, 1.82) is 0 Å². The first kappa shape index (κ1) is 29.9. The van der Waals surface area contributed by atoms with Crippen molar-refractivity contribution in [3.63, 3.8) is 0 Å². The largest absolute Gasteiger partial charge is 0.494 e. The molecule has 200 valence electrons. The molecule has 0 aliphatic rings. The molecule has 2 unspecified atom stereocenters. The molecule has 0 aliphatic carbocycles. The van der Waals surface area contributed by atoms with Crippen LogP contribution in [-0.2, 0) is 14.3 Å². The zero-order valence-electron chi connectivity index (χ0n) is 20.4. The molecule has 5 nitrogen and oxygen atoms in total. The third-order valence-electron chi connectivity index (χ3n) is 5.37. The Kier molecular flexibility index (Phi) is 11.5. The zero-order valence-corrected chi connectivity index (χ0v) is 21.2. The molecule has 2 rings (SSSR count). The highest BCUT2D eigenvalue weighted by atomic mass is 35.5. The summed E-state index contributed by atoms with van der Waals surface area (Å²) in [5.74, 6) is -0.751. The van der Waals surface area contributed by atoms with Crippen molar-refractivity contribution in [2.45, 2.75) is 57.6 Å². The molecule has 10 heteroatoms. The van der Waals surface area contributed by atoms with Gasteiger partial charge in [-0.25, -0.2) is 0 Å². The summed E-state index contributed by atoms with van der Waals surface area (Å²) in [5, 5.41) is -0.766. The summed E-state index contributed by atoms with van der Waals surface area (Å²) in [4.78, 5) is 12.1. The molecule has 0 radical (unpaired) electrons. The van der Waals surface area contributed by atoms with Crippen LogP contribution in [0.2, 0.25) is 0 Å². The molecule has 2 aromatic rings. The van der Waals surface area contributed by atoms with Crippen LogP contribution in [0.25, 0.3) is 11.1 Å². The summed E-state index contributed by atoms with van der Waals surface area (Å²) in [6, 6.07) is 11.6. The minimum Gasteiger partial charge on any atom is -0.426 e. The number of halogens is 5. The van der Waals surface area contributed by atoms with Gasteiger partial charge in [0.25, 0.3) is 0 Å². The number of esters is 1. The molecule has 36 heavy (non-hydrogen) atoms. The third-order valence-corrected chi connectivity index (χ3v) is 5.98. The van der Waals surface area contributed by atoms with Crippen molar-refractivity contribution in [3.05, 3.63) is 48.5 Å². The van der Waals surface area contributed by atoms with Crippen LogP contribution in [0, 0.1) is 5.92 Å². The number of ether oxygens (including phenoxy) is 4. The summed E-state index contributed by atoms with van der Waals surface area (Å²) in [6.45, 7) is 5.10. The van der Waals surface area contributed by atoms with Crippen molar-refractivity contribution >= 4 is 17.6 Å². The first-order valence-corrected chi connectivity index (χ1v) is 12.2. The second-order valence-electron chi connectivity index (χ2n) is 8.21. The minimum absolute atomic E-state index is 0.0392. The van der Waals surface area contributed by atoms with Gasteiger partial charge in [0.2, 0.25) is 0 Å². The number of carbonyl (C=O) groups is 1. The Labute approximate surface area is 213 Å². The average Bonchev–Trinajstić information content (AvgIpc) is 2.85. The van der Waals surface area contributed by atoms with Gasteiger partial charge in [0.05, 0.1) is 13.2 Å². The second kappa shape index (κ2) is 13.8. The lowest BCUT2D eigenvalue weighted by Crippen LogP contribution is -2.47. The molecule has 0 fully saturated rings. The maximum absolute atomic E-state index is 14.0. The first-order chi connectivity index (χ1) is 17.0. The number of hydrogen-bond acceptors (Lipinski definition) is 5. The van der Waals surface area contributed by atoms with E-state index in [9.17, 15) is 22.4 Å². The fourth-order valence-electron chi connectivity index (χ4n) is 2.91. The van der Waals surface area contributed by atoms with E-state index in [1.165, 1.54) is 12.1 Å². The third kappa shape index (κ3) is 8.64. The lowest BCUT2D eigenvalue weighted by atomic mass is 10.0. The molecule has 0 saturated heterocycles. The first-order valence-electron chi connectivity index (χ1n) is 11.7. The number of carbonyl (C=O) groups excluding carboxylic acids is 1. The van der Waals surface area contributed by atoms with Gasteiger partial charge >= 0.3 is 18.2 Å². The van der Waals surface area contributed by atoms with E-state index in [2.05, 4.69) is 9.47 Å². The van der Waals surface area contributed by atoms with E-state index in [1.54, 1.807) is 24.3 Å². The van der Waals surface area contributed by atoms with Crippen LogP contribution >= 0.6 is 11.6 Å². The Morgan fingerprint density at radius 1 is 0.861 bits per heavy atom. The van der Waals surface area contributed by atoms with Gasteiger partial charge in [0.15, 0.2) is 0 Å². The minimum atomic E-state index is -4.89. The predicted molar refractivity (Wildman–Crippen MR) is 129 cm³/mol. The van der Waals surface area contributed by atoms with Crippen molar-refractivity contribution in [3.8, 4) is 22.6 Å². The van der Waals surface area contributed by atoms with Gasteiger partial charge in [-0.2, -0.15) is 17.6 Å². The van der Waals surface area contributed by atoms with Crippen molar-refractivity contribution in [1.82, 2.24) is 0 Å². The van der Waals surface area contributed by atoms with E-state index in [0.717, 1.165) is 31.4 Å². The van der Waals surface area contributed by atoms with Gasteiger partial charge in [0, 0.05) is 6.61 Å². The molecular weight excluding hydrogens is 504 g/mol. The molecule has 0 N–H and O–H groups in total. The molecule has 2 atom stereocenters. The number of benzene rings is 2. The number of unbranched alkanes of at least 4 members (excludes halogenated alkanes) is 1. The lowest BCUT2D eigenvalue weighted by molar-refractivity contribution is -0.408. The number of hydrogen-bond donors (Lipinski definition) is 0. The van der Waals surface area contributed by atoms with Crippen LogP contribution in [0.1, 0.15) is 40.0 Å². The molecule has 0 aromatic heterocycles. The second-order valence-corrected chi connectivity index (χ2v) is 8.68. The molecule has 2 aromatic carbocycles. The summed E-state index contributed by atoms with van der Waals surface area (Å²) in [6.07, 6.45) is -7.42. The zero-order chi connectivity index (χ0) is 26.8. The molecule has 0 bridgehead atoms. The summed E-state index contributed by atoms with van der Waals surface area (Å²) in [7, 11) is 0. The monoisotopic (exact) mass is 534 g/mol. The SMILES string of the molecule is CCCCOCCOC(F)(F)C(F)(F)Oc1ccc(-c2ccc(OC(=O)C(Cl)C(C)CC)cc2)cc1. The molecule has 0 saturated carbocycles. The van der Waals surface area contributed by atoms with Gasteiger partial charge in [-0.15, -0.1) is 11.6 Å². The molecule has 0 heterocycles. The Hall–Kier alpha value is -2.36. The summed E-state index contributed by atoms with van der Waals surface area (Å²) < 4.78 is 74.4. The number of rotatable bonds is 15. The highest BCUT2D eigenvalue weighted by molar-refractivity contribution is 6.30. The van der Waals surface area contributed by atoms with Crippen molar-refractivity contribution in [2.24, 2.45) is 5.92 Å². The van der Waals surface area contributed by atoms with E-state index >= 15 is 0 Å². The maximum atomic E-state index is 14.0. The van der Waals surface area contributed by atoms with Crippen LogP contribution < -0.4 is 9.47 Å². The molecule has 0 amide bonds. The van der Waals surface area contributed by atoms with Crippen molar-refractivity contribution in [2.75, 3.05) is 19.8 Å². The van der Waals surface area contributed by atoms with Crippen LogP contribution in [0.15, 0.2) is 48.5 Å². The van der Waals surface area contributed by atoms with Gasteiger partial charge in [-0.05, 0) is 47.7 Å². The molecule has 0 spiro atoms. The van der Waals surface area contributed by atoms with Crippen LogP contribution in [-0.4, -0.2) is 43.4 Å². The number of alkyl halides is 5. The quantitative estimate of drug-likeness (QED) is 0.0788. The Morgan fingerprint density at radius 2 is 1.42 bits per heavy atom. The maximum Gasteiger partial charge on any atom is 0.494 e. The van der Waals surface area contributed by atoms with Crippen LogP contribution in [0.3, 0.4) is 0 Å². The smallest absolute Gasteiger partial charge is 0.426 e. The standard InChI is InChI=1S/C26H31ClF4O5/c1-4-6-15-33-16-17-34-25(28,29)26(30,31)36-22-13-9-20(10-14-22)19-7-11-21(12-8-19)35-24(32)23(27)18(3)5-2/h7-14,18,23H,4-6,15-17H2,1-3H3.